The first-order valence-corrected chi connectivity index (χ1v) is 9.00. The number of carboxylic acids is 1. The van der Waals surface area contributed by atoms with E-state index in [-0.39, 0.29) is 28.4 Å². The summed E-state index contributed by atoms with van der Waals surface area (Å²) in [6, 6.07) is 7.09. The maximum absolute atomic E-state index is 14.4. The Labute approximate surface area is 170 Å². The van der Waals surface area contributed by atoms with Gasteiger partial charge in [0.05, 0.1) is 24.6 Å². The summed E-state index contributed by atoms with van der Waals surface area (Å²) in [5, 5.41) is 11.8. The Morgan fingerprint density at radius 2 is 1.93 bits per heavy atom. The van der Waals surface area contributed by atoms with E-state index in [9.17, 15) is 23.5 Å². The summed E-state index contributed by atoms with van der Waals surface area (Å²) < 4.78 is 34.6. The van der Waals surface area contributed by atoms with E-state index in [1.807, 2.05) is 0 Å². The van der Waals surface area contributed by atoms with Gasteiger partial charge in [-0.2, -0.15) is 4.39 Å². The van der Waals surface area contributed by atoms with E-state index >= 15 is 0 Å². The number of anilines is 1. The predicted octanol–water partition coefficient (Wildman–Crippen LogP) is 3.89. The summed E-state index contributed by atoms with van der Waals surface area (Å²) in [7, 11) is 2.74. The minimum absolute atomic E-state index is 0.0269. The average molecular weight is 415 g/mol. The molecule has 2 aromatic carbocycles. The molecule has 1 aromatic heterocycles. The normalized spacial score (nSPS) is 10.7. The minimum Gasteiger partial charge on any atom is -0.494 e. The molecule has 156 valence electrons. The summed E-state index contributed by atoms with van der Waals surface area (Å²) in [5.74, 6) is -4.13. The van der Waals surface area contributed by atoms with Crippen LogP contribution in [0, 0.1) is 11.6 Å². The number of nitrogens with zero attached hydrogens (tertiary/aromatic N) is 2. The molecule has 1 heterocycles. The van der Waals surface area contributed by atoms with Crippen LogP contribution in [0.1, 0.15) is 33.5 Å². The first-order valence-electron chi connectivity index (χ1n) is 9.00. The SMILES string of the molecule is CCc1cc(NC(=O)c2ncc(-c3ccc(OC)c(F)c3F)n2C)ccc1C(=O)O. The molecule has 7 nitrogen and oxygen atoms in total. The minimum atomic E-state index is -1.13. The molecule has 2 N–H and O–H groups in total. The molecule has 0 atom stereocenters. The number of rotatable bonds is 6. The zero-order valence-corrected chi connectivity index (χ0v) is 16.5. The molecule has 0 radical (unpaired) electrons. The molecular formula is C21H19F2N3O4. The van der Waals surface area contributed by atoms with Crippen LogP contribution < -0.4 is 10.1 Å². The second-order valence-corrected chi connectivity index (χ2v) is 6.45. The standard InChI is InChI=1S/C21H19F2N3O4/c1-4-11-9-12(5-6-13(11)21(28)29)25-20(27)19-24-10-15(26(19)2)14-7-8-16(30-3)18(23)17(14)22/h5-10H,4H2,1-3H3,(H,25,27)(H,28,29). The topological polar surface area (TPSA) is 93.5 Å². The highest BCUT2D eigenvalue weighted by Crippen LogP contribution is 2.30. The van der Waals surface area contributed by atoms with Gasteiger partial charge in [-0.3, -0.25) is 4.79 Å². The van der Waals surface area contributed by atoms with Crippen molar-refractivity contribution in [2.75, 3.05) is 12.4 Å². The van der Waals surface area contributed by atoms with Crippen LogP contribution in [0.5, 0.6) is 5.75 Å². The Balaban J connectivity index is 1.90. The monoisotopic (exact) mass is 415 g/mol. The second-order valence-electron chi connectivity index (χ2n) is 6.45. The summed E-state index contributed by atoms with van der Waals surface area (Å²) in [4.78, 5) is 27.9. The van der Waals surface area contributed by atoms with Gasteiger partial charge in [0.25, 0.3) is 5.91 Å². The van der Waals surface area contributed by atoms with Crippen molar-refractivity contribution >= 4 is 17.6 Å². The van der Waals surface area contributed by atoms with E-state index in [2.05, 4.69) is 10.3 Å². The Morgan fingerprint density at radius 3 is 2.57 bits per heavy atom. The van der Waals surface area contributed by atoms with Crippen molar-refractivity contribution in [3.05, 3.63) is 65.1 Å². The zero-order valence-electron chi connectivity index (χ0n) is 16.5. The van der Waals surface area contributed by atoms with Crippen molar-refractivity contribution in [3.63, 3.8) is 0 Å². The highest BCUT2D eigenvalue weighted by molar-refractivity contribution is 6.02. The third-order valence-corrected chi connectivity index (χ3v) is 4.71. The Morgan fingerprint density at radius 1 is 1.20 bits per heavy atom. The highest BCUT2D eigenvalue weighted by atomic mass is 19.2. The lowest BCUT2D eigenvalue weighted by Crippen LogP contribution is -2.17. The van der Waals surface area contributed by atoms with Crippen LogP contribution in [0.2, 0.25) is 0 Å². The molecule has 0 aliphatic carbocycles. The fraction of sp³-hybridized carbons (Fsp3) is 0.190. The number of benzene rings is 2. The number of aryl methyl sites for hydroxylation is 1. The third-order valence-electron chi connectivity index (χ3n) is 4.71. The van der Waals surface area contributed by atoms with Gasteiger partial charge in [0.2, 0.25) is 5.82 Å². The smallest absolute Gasteiger partial charge is 0.335 e. The van der Waals surface area contributed by atoms with Crippen LogP contribution in [-0.4, -0.2) is 33.6 Å². The Hall–Kier alpha value is -3.75. The van der Waals surface area contributed by atoms with Gasteiger partial charge in [-0.1, -0.05) is 6.92 Å². The fourth-order valence-corrected chi connectivity index (χ4v) is 3.12. The molecule has 3 aromatic rings. The predicted molar refractivity (Wildman–Crippen MR) is 106 cm³/mol. The molecule has 0 spiro atoms. The van der Waals surface area contributed by atoms with Gasteiger partial charge >= 0.3 is 5.97 Å². The lowest BCUT2D eigenvalue weighted by Gasteiger charge is -2.11. The van der Waals surface area contributed by atoms with Crippen molar-refractivity contribution in [1.82, 2.24) is 9.55 Å². The van der Waals surface area contributed by atoms with E-state index < -0.39 is 23.5 Å². The van der Waals surface area contributed by atoms with Crippen molar-refractivity contribution in [3.8, 4) is 17.0 Å². The molecule has 0 saturated carbocycles. The number of imidazole rings is 1. The van der Waals surface area contributed by atoms with Crippen LogP contribution in [-0.2, 0) is 13.5 Å². The van der Waals surface area contributed by atoms with Gasteiger partial charge in [-0.15, -0.1) is 0 Å². The van der Waals surface area contributed by atoms with Gasteiger partial charge in [-0.25, -0.2) is 14.2 Å². The largest absolute Gasteiger partial charge is 0.494 e. The number of carbonyl (C=O) groups excluding carboxylic acids is 1. The van der Waals surface area contributed by atoms with Crippen molar-refractivity contribution in [1.29, 1.82) is 0 Å². The van der Waals surface area contributed by atoms with E-state index in [0.29, 0.717) is 17.7 Å². The molecule has 30 heavy (non-hydrogen) atoms. The average Bonchev–Trinajstić information content (AvgIpc) is 3.11. The third kappa shape index (κ3) is 3.73. The molecule has 0 fully saturated rings. The first-order chi connectivity index (χ1) is 14.3. The number of ether oxygens (including phenoxy) is 1. The number of carboxylic acid groups (broad SMARTS) is 1. The van der Waals surface area contributed by atoms with Gasteiger partial charge < -0.3 is 19.7 Å². The Bertz CT molecular complexity index is 1140. The summed E-state index contributed by atoms with van der Waals surface area (Å²) in [6.07, 6.45) is 1.74. The number of aromatic nitrogens is 2. The van der Waals surface area contributed by atoms with Gasteiger partial charge in [-0.05, 0) is 42.3 Å². The van der Waals surface area contributed by atoms with E-state index in [1.54, 1.807) is 13.0 Å². The molecule has 0 bridgehead atoms. The molecular weight excluding hydrogens is 396 g/mol. The van der Waals surface area contributed by atoms with Crippen LogP contribution in [0.25, 0.3) is 11.3 Å². The van der Waals surface area contributed by atoms with Crippen LogP contribution >= 0.6 is 0 Å². The summed E-state index contributed by atoms with van der Waals surface area (Å²) in [6.45, 7) is 1.81. The number of halogens is 2. The second kappa shape index (κ2) is 8.32. The quantitative estimate of drug-likeness (QED) is 0.637. The number of hydrogen-bond donors (Lipinski definition) is 2. The van der Waals surface area contributed by atoms with Crippen molar-refractivity contribution in [2.45, 2.75) is 13.3 Å². The lowest BCUT2D eigenvalue weighted by molar-refractivity contribution is 0.0695. The first kappa shape index (κ1) is 21.0. The Kier molecular flexibility index (Phi) is 5.81. The fourth-order valence-electron chi connectivity index (χ4n) is 3.12. The number of nitrogens with one attached hydrogen (secondary N) is 1. The van der Waals surface area contributed by atoms with Gasteiger partial charge in [0.1, 0.15) is 0 Å². The molecule has 0 unspecified atom stereocenters. The molecule has 3 rings (SSSR count). The number of methoxy groups -OCH3 is 1. The number of amides is 1. The van der Waals surface area contributed by atoms with E-state index in [1.165, 1.54) is 49.2 Å². The highest BCUT2D eigenvalue weighted by Gasteiger charge is 2.21. The van der Waals surface area contributed by atoms with Crippen LogP contribution in [0.3, 0.4) is 0 Å². The molecule has 0 saturated heterocycles. The van der Waals surface area contributed by atoms with Gasteiger partial charge in [0.15, 0.2) is 17.4 Å². The van der Waals surface area contributed by atoms with Gasteiger partial charge in [0, 0.05) is 18.3 Å². The molecule has 0 aliphatic rings. The van der Waals surface area contributed by atoms with Crippen molar-refractivity contribution in [2.24, 2.45) is 7.05 Å². The van der Waals surface area contributed by atoms with Crippen LogP contribution in [0.15, 0.2) is 36.5 Å². The van der Waals surface area contributed by atoms with Crippen LogP contribution in [0.4, 0.5) is 14.5 Å². The zero-order chi connectivity index (χ0) is 22.0. The summed E-state index contributed by atoms with van der Waals surface area (Å²) >= 11 is 0. The molecule has 0 aliphatic heterocycles. The number of carbonyl (C=O) groups is 2. The summed E-state index contributed by atoms with van der Waals surface area (Å²) in [5.41, 5.74) is 1.26. The van der Waals surface area contributed by atoms with Crippen molar-refractivity contribution < 1.29 is 28.2 Å². The van der Waals surface area contributed by atoms with E-state index in [4.69, 9.17) is 4.74 Å². The maximum atomic E-state index is 14.4. The lowest BCUT2D eigenvalue weighted by atomic mass is 10.0. The number of hydrogen-bond acceptors (Lipinski definition) is 4. The molecule has 1 amide bonds. The number of aromatic carboxylic acids is 1. The maximum Gasteiger partial charge on any atom is 0.335 e. The van der Waals surface area contributed by atoms with E-state index in [0.717, 1.165) is 0 Å². The molecule has 9 heteroatoms.